The maximum absolute atomic E-state index is 2.45. The maximum Gasteiger partial charge on any atom is 0.0822 e. The monoisotopic (exact) mass is 349 g/mol. The van der Waals surface area contributed by atoms with Crippen LogP contribution in [0.2, 0.25) is 0 Å². The van der Waals surface area contributed by atoms with Crippen molar-refractivity contribution in [3.05, 3.63) is 35.4 Å². The van der Waals surface area contributed by atoms with Gasteiger partial charge in [0.05, 0.1) is 19.6 Å². The fourth-order valence-electron chi connectivity index (χ4n) is 4.98. The predicted molar refractivity (Wildman–Crippen MR) is 99.2 cm³/mol. The number of likely N-dealkylation sites (tertiary alicyclic amines) is 1. The molecule has 1 aromatic carbocycles. The minimum atomic E-state index is 0. The second-order valence-electron chi connectivity index (χ2n) is 8.83. The van der Waals surface area contributed by atoms with Crippen molar-refractivity contribution in [1.82, 2.24) is 0 Å². The van der Waals surface area contributed by atoms with E-state index in [4.69, 9.17) is 0 Å². The van der Waals surface area contributed by atoms with Crippen LogP contribution >= 0.6 is 0 Å². The first kappa shape index (κ1) is 19.8. The topological polar surface area (TPSA) is 4.44 Å². The van der Waals surface area contributed by atoms with E-state index in [1.54, 1.807) is 11.1 Å². The first-order valence-corrected chi connectivity index (χ1v) is 10.1. The number of quaternary nitrogens is 1. The molecule has 1 saturated heterocycles. The molecule has 24 heavy (non-hydrogen) atoms. The molecule has 2 unspecified atom stereocenters. The Morgan fingerprint density at radius 1 is 1.08 bits per heavy atom. The molecule has 1 N–H and O–H groups in total. The summed E-state index contributed by atoms with van der Waals surface area (Å²) in [6, 6.07) is 9.19. The minimum Gasteiger partial charge on any atom is -1.00 e. The highest BCUT2D eigenvalue weighted by Crippen LogP contribution is 2.34. The first-order chi connectivity index (χ1) is 11.1. The molecule has 2 atom stereocenters. The van der Waals surface area contributed by atoms with E-state index in [0.717, 1.165) is 5.92 Å². The van der Waals surface area contributed by atoms with Crippen LogP contribution in [0.4, 0.5) is 0 Å². The lowest BCUT2D eigenvalue weighted by atomic mass is 9.80. The van der Waals surface area contributed by atoms with E-state index in [9.17, 15) is 0 Å². The van der Waals surface area contributed by atoms with E-state index in [-0.39, 0.29) is 12.4 Å². The average molecular weight is 350 g/mol. The van der Waals surface area contributed by atoms with E-state index < -0.39 is 0 Å². The van der Waals surface area contributed by atoms with Crippen LogP contribution in [-0.4, -0.2) is 19.6 Å². The van der Waals surface area contributed by atoms with Gasteiger partial charge in [-0.3, -0.25) is 0 Å². The fourth-order valence-corrected chi connectivity index (χ4v) is 4.98. The molecular formula is C22H36ClN. The Morgan fingerprint density at radius 2 is 1.92 bits per heavy atom. The highest BCUT2D eigenvalue weighted by atomic mass is 35.5. The van der Waals surface area contributed by atoms with Crippen LogP contribution in [0.3, 0.4) is 0 Å². The highest BCUT2D eigenvalue weighted by molar-refractivity contribution is 5.32. The SMILES string of the molecule is CC1(C)CCC[NH+](CCCCCC2CCCc3ccccc32)C1.[Cl-]. The third-order valence-corrected chi connectivity index (χ3v) is 6.19. The molecule has 1 aliphatic carbocycles. The molecule has 136 valence electrons. The number of rotatable bonds is 6. The minimum absolute atomic E-state index is 0. The molecule has 1 aliphatic heterocycles. The zero-order valence-corrected chi connectivity index (χ0v) is 16.5. The first-order valence-electron chi connectivity index (χ1n) is 10.1. The van der Waals surface area contributed by atoms with Crippen LogP contribution in [0.5, 0.6) is 0 Å². The number of hydrogen-bond acceptors (Lipinski definition) is 0. The Labute approximate surface area is 155 Å². The Bertz CT molecular complexity index is 496. The smallest absolute Gasteiger partial charge is 0.0822 e. The summed E-state index contributed by atoms with van der Waals surface area (Å²) in [5.74, 6) is 0.848. The van der Waals surface area contributed by atoms with Crippen molar-refractivity contribution in [2.24, 2.45) is 5.41 Å². The number of hydrogen-bond donors (Lipinski definition) is 1. The summed E-state index contributed by atoms with van der Waals surface area (Å²) in [5.41, 5.74) is 3.88. The fraction of sp³-hybridized carbons (Fsp3) is 0.727. The van der Waals surface area contributed by atoms with Gasteiger partial charge in [-0.1, -0.05) is 44.5 Å². The summed E-state index contributed by atoms with van der Waals surface area (Å²) in [6.45, 7) is 9.12. The summed E-state index contributed by atoms with van der Waals surface area (Å²) >= 11 is 0. The summed E-state index contributed by atoms with van der Waals surface area (Å²) in [7, 11) is 0. The van der Waals surface area contributed by atoms with Gasteiger partial charge in [0.2, 0.25) is 0 Å². The van der Waals surface area contributed by atoms with Crippen molar-refractivity contribution in [1.29, 1.82) is 0 Å². The highest BCUT2D eigenvalue weighted by Gasteiger charge is 2.29. The van der Waals surface area contributed by atoms with Gasteiger partial charge in [-0.15, -0.1) is 0 Å². The van der Waals surface area contributed by atoms with E-state index in [1.807, 2.05) is 4.90 Å². The van der Waals surface area contributed by atoms with Gasteiger partial charge in [0.1, 0.15) is 0 Å². The van der Waals surface area contributed by atoms with Crippen molar-refractivity contribution >= 4 is 0 Å². The average Bonchev–Trinajstić information content (AvgIpc) is 2.54. The molecule has 0 radical (unpaired) electrons. The number of piperidine rings is 1. The lowest BCUT2D eigenvalue weighted by molar-refractivity contribution is -0.912. The molecule has 1 heterocycles. The van der Waals surface area contributed by atoms with E-state index in [0.29, 0.717) is 5.41 Å². The second kappa shape index (κ2) is 9.25. The Kier molecular flexibility index (Phi) is 7.62. The van der Waals surface area contributed by atoms with Crippen LogP contribution in [0, 0.1) is 5.41 Å². The largest absolute Gasteiger partial charge is 1.00 e. The third kappa shape index (κ3) is 5.49. The number of halogens is 1. The van der Waals surface area contributed by atoms with Gasteiger partial charge in [-0.25, -0.2) is 0 Å². The molecule has 1 nitrogen and oxygen atoms in total. The van der Waals surface area contributed by atoms with Crippen LogP contribution in [0.25, 0.3) is 0 Å². The predicted octanol–water partition coefficient (Wildman–Crippen LogP) is 1.38. The molecule has 2 aliphatic rings. The number of aryl methyl sites for hydroxylation is 1. The second-order valence-corrected chi connectivity index (χ2v) is 8.83. The Morgan fingerprint density at radius 3 is 2.75 bits per heavy atom. The number of fused-ring (bicyclic) bond motifs is 1. The van der Waals surface area contributed by atoms with Gasteiger partial charge in [0, 0.05) is 5.41 Å². The van der Waals surface area contributed by atoms with E-state index >= 15 is 0 Å². The lowest BCUT2D eigenvalue weighted by Gasteiger charge is -2.35. The zero-order valence-electron chi connectivity index (χ0n) is 15.7. The lowest BCUT2D eigenvalue weighted by Crippen LogP contribution is -3.14. The maximum atomic E-state index is 2.45. The van der Waals surface area contributed by atoms with Gasteiger partial charge in [-0.2, -0.15) is 0 Å². The molecule has 0 spiro atoms. The Balaban J connectivity index is 0.00000208. The summed E-state index contributed by atoms with van der Waals surface area (Å²) in [4.78, 5) is 1.87. The van der Waals surface area contributed by atoms with Crippen LogP contribution in [0.15, 0.2) is 24.3 Å². The molecule has 0 aromatic heterocycles. The standard InChI is InChI=1S/C22H35N.ClH/c1-22(2)15-9-17-23(18-22)16-7-3-4-10-19-12-8-13-20-11-5-6-14-21(19)20;/h5-6,11,14,19H,3-4,7-10,12-13,15-18H2,1-2H3;1H. The molecule has 0 saturated carbocycles. The van der Waals surface area contributed by atoms with Gasteiger partial charge < -0.3 is 17.3 Å². The molecule has 1 fully saturated rings. The van der Waals surface area contributed by atoms with Gasteiger partial charge >= 0.3 is 0 Å². The van der Waals surface area contributed by atoms with Crippen molar-refractivity contribution in [3.8, 4) is 0 Å². The molecule has 1 aromatic rings. The number of benzene rings is 1. The third-order valence-electron chi connectivity index (χ3n) is 6.19. The summed E-state index contributed by atoms with van der Waals surface area (Å²) in [5, 5.41) is 0. The molecule has 3 rings (SSSR count). The van der Waals surface area contributed by atoms with E-state index in [1.165, 1.54) is 77.4 Å². The van der Waals surface area contributed by atoms with Crippen molar-refractivity contribution in [2.45, 2.75) is 77.6 Å². The molecule has 2 heteroatoms. The number of nitrogens with one attached hydrogen (secondary N) is 1. The van der Waals surface area contributed by atoms with Crippen LogP contribution in [-0.2, 0) is 6.42 Å². The molecule has 0 amide bonds. The Hall–Kier alpha value is -0.530. The van der Waals surface area contributed by atoms with Crippen molar-refractivity contribution in [2.75, 3.05) is 19.6 Å². The van der Waals surface area contributed by atoms with Crippen molar-refractivity contribution in [3.63, 3.8) is 0 Å². The quantitative estimate of drug-likeness (QED) is 0.740. The van der Waals surface area contributed by atoms with Crippen LogP contribution in [0.1, 0.15) is 82.3 Å². The zero-order chi connectivity index (χ0) is 16.1. The number of unbranched alkanes of at least 4 members (excludes halogenated alkanes) is 2. The van der Waals surface area contributed by atoms with Crippen molar-refractivity contribution < 1.29 is 17.3 Å². The van der Waals surface area contributed by atoms with Gasteiger partial charge in [0.25, 0.3) is 0 Å². The summed E-state index contributed by atoms with van der Waals surface area (Å²) < 4.78 is 0. The van der Waals surface area contributed by atoms with Gasteiger partial charge in [-0.05, 0) is 68.4 Å². The van der Waals surface area contributed by atoms with Crippen LogP contribution < -0.4 is 17.3 Å². The van der Waals surface area contributed by atoms with E-state index in [2.05, 4.69) is 38.1 Å². The normalized spacial score (nSPS) is 25.6. The van der Waals surface area contributed by atoms with Gasteiger partial charge in [0.15, 0.2) is 0 Å². The molecular weight excluding hydrogens is 314 g/mol. The summed E-state index contributed by atoms with van der Waals surface area (Å²) in [6.07, 6.45) is 12.7. The molecule has 0 bridgehead atoms.